The van der Waals surface area contributed by atoms with Gasteiger partial charge in [0.2, 0.25) is 18.2 Å². The van der Waals surface area contributed by atoms with E-state index in [0.717, 1.165) is 5.56 Å². The zero-order chi connectivity index (χ0) is 9.10. The molecule has 2 rings (SSSR count). The molecule has 0 aliphatic carbocycles. The molecule has 0 unspecified atom stereocenters. The molecule has 0 fully saturated rings. The van der Waals surface area contributed by atoms with Gasteiger partial charge in [0.05, 0.1) is 12.7 Å². The minimum Gasteiger partial charge on any atom is -0.481 e. The second-order valence-corrected chi connectivity index (χ2v) is 2.33. The third-order valence-electron chi connectivity index (χ3n) is 1.55. The van der Waals surface area contributed by atoms with Crippen LogP contribution in [0, 0.1) is 0 Å². The second-order valence-electron chi connectivity index (χ2n) is 2.33. The molecule has 2 aromatic heterocycles. The highest BCUT2D eigenvalue weighted by Crippen LogP contribution is 2.16. The molecule has 0 aromatic carbocycles. The molecule has 2 aromatic rings. The molecular formula is C8H7N3O2. The molecule has 5 heteroatoms. The lowest BCUT2D eigenvalue weighted by Gasteiger charge is -1.97. The lowest BCUT2D eigenvalue weighted by atomic mass is 10.3. The summed E-state index contributed by atoms with van der Waals surface area (Å²) in [6, 6.07) is 3.54. The van der Waals surface area contributed by atoms with Gasteiger partial charge in [-0.15, -0.1) is 10.2 Å². The zero-order valence-corrected chi connectivity index (χ0v) is 6.97. The standard InChI is InChI=1S/C8H7N3O2/c1-12-7-3-2-6(4-9-7)8-11-10-5-13-8/h2-5H,1H3. The number of rotatable bonds is 2. The van der Waals surface area contributed by atoms with Crippen LogP contribution in [0.3, 0.4) is 0 Å². The lowest BCUT2D eigenvalue weighted by molar-refractivity contribution is 0.398. The van der Waals surface area contributed by atoms with E-state index < -0.39 is 0 Å². The predicted molar refractivity (Wildman–Crippen MR) is 44.1 cm³/mol. The maximum absolute atomic E-state index is 4.99. The van der Waals surface area contributed by atoms with Gasteiger partial charge < -0.3 is 9.15 Å². The van der Waals surface area contributed by atoms with Crippen LogP contribution in [-0.4, -0.2) is 22.3 Å². The fraction of sp³-hybridized carbons (Fsp3) is 0.125. The van der Waals surface area contributed by atoms with E-state index in [0.29, 0.717) is 11.8 Å². The summed E-state index contributed by atoms with van der Waals surface area (Å²) in [5.74, 6) is 1.01. The molecule has 2 heterocycles. The summed E-state index contributed by atoms with van der Waals surface area (Å²) in [6.07, 6.45) is 2.89. The highest BCUT2D eigenvalue weighted by Gasteiger charge is 2.03. The van der Waals surface area contributed by atoms with Crippen molar-refractivity contribution in [3.8, 4) is 17.3 Å². The summed E-state index contributed by atoms with van der Waals surface area (Å²) in [5, 5.41) is 7.31. The van der Waals surface area contributed by atoms with Crippen molar-refractivity contribution in [3.05, 3.63) is 24.7 Å². The van der Waals surface area contributed by atoms with Crippen molar-refractivity contribution in [3.63, 3.8) is 0 Å². The van der Waals surface area contributed by atoms with Gasteiger partial charge in [-0.2, -0.15) is 0 Å². The van der Waals surface area contributed by atoms with Gasteiger partial charge in [-0.05, 0) is 6.07 Å². The van der Waals surface area contributed by atoms with Crippen molar-refractivity contribution in [2.24, 2.45) is 0 Å². The summed E-state index contributed by atoms with van der Waals surface area (Å²) in [5.41, 5.74) is 0.776. The van der Waals surface area contributed by atoms with Crippen LogP contribution in [0.1, 0.15) is 0 Å². The highest BCUT2D eigenvalue weighted by atomic mass is 16.5. The average Bonchev–Trinajstić information content (AvgIpc) is 2.71. The summed E-state index contributed by atoms with van der Waals surface area (Å²) in [6.45, 7) is 0. The molecule has 0 bridgehead atoms. The van der Waals surface area contributed by atoms with Crippen molar-refractivity contribution in [1.82, 2.24) is 15.2 Å². The van der Waals surface area contributed by atoms with Crippen LogP contribution in [0.2, 0.25) is 0 Å². The number of ether oxygens (including phenoxy) is 1. The molecule has 0 aliphatic rings. The number of hydrogen-bond acceptors (Lipinski definition) is 5. The normalized spacial score (nSPS) is 9.92. The number of nitrogens with zero attached hydrogens (tertiary/aromatic N) is 3. The fourth-order valence-electron chi connectivity index (χ4n) is 0.926. The van der Waals surface area contributed by atoms with Crippen LogP contribution in [0.4, 0.5) is 0 Å². The summed E-state index contributed by atoms with van der Waals surface area (Å²) in [7, 11) is 1.56. The van der Waals surface area contributed by atoms with E-state index in [4.69, 9.17) is 9.15 Å². The van der Waals surface area contributed by atoms with Crippen molar-refractivity contribution in [2.75, 3.05) is 7.11 Å². The number of methoxy groups -OCH3 is 1. The molecule has 13 heavy (non-hydrogen) atoms. The Hall–Kier alpha value is -1.91. The number of aromatic nitrogens is 3. The van der Waals surface area contributed by atoms with Gasteiger partial charge in [-0.3, -0.25) is 0 Å². The molecule has 0 atom stereocenters. The Balaban J connectivity index is 2.33. The van der Waals surface area contributed by atoms with Crippen LogP contribution in [-0.2, 0) is 0 Å². The Kier molecular flexibility index (Phi) is 1.91. The maximum Gasteiger partial charge on any atom is 0.248 e. The van der Waals surface area contributed by atoms with E-state index in [1.807, 2.05) is 0 Å². The van der Waals surface area contributed by atoms with E-state index in [9.17, 15) is 0 Å². The second kappa shape index (κ2) is 3.22. The van der Waals surface area contributed by atoms with Crippen molar-refractivity contribution >= 4 is 0 Å². The Labute approximate surface area is 74.4 Å². The van der Waals surface area contributed by atoms with Crippen LogP contribution in [0.15, 0.2) is 29.1 Å². The fourth-order valence-corrected chi connectivity index (χ4v) is 0.926. The molecule has 66 valence electrons. The Morgan fingerprint density at radius 1 is 1.38 bits per heavy atom. The molecule has 0 amide bonds. The van der Waals surface area contributed by atoms with Gasteiger partial charge in [0, 0.05) is 12.3 Å². The van der Waals surface area contributed by atoms with Gasteiger partial charge in [-0.25, -0.2) is 4.98 Å². The minimum absolute atomic E-state index is 0.454. The SMILES string of the molecule is COc1ccc(-c2nnco2)cn1. The Bertz CT molecular complexity index is 369. The van der Waals surface area contributed by atoms with Gasteiger partial charge in [-0.1, -0.05) is 0 Å². The van der Waals surface area contributed by atoms with Gasteiger partial charge in [0.1, 0.15) is 0 Å². The summed E-state index contributed by atoms with van der Waals surface area (Å²) < 4.78 is 9.90. The van der Waals surface area contributed by atoms with Gasteiger partial charge in [0.15, 0.2) is 0 Å². The van der Waals surface area contributed by atoms with Crippen LogP contribution >= 0.6 is 0 Å². The lowest BCUT2D eigenvalue weighted by Crippen LogP contribution is -1.87. The van der Waals surface area contributed by atoms with E-state index in [1.165, 1.54) is 6.39 Å². The molecular weight excluding hydrogens is 170 g/mol. The molecule has 0 N–H and O–H groups in total. The highest BCUT2D eigenvalue weighted by molar-refractivity contribution is 5.50. The van der Waals surface area contributed by atoms with Crippen LogP contribution in [0.25, 0.3) is 11.5 Å². The molecule has 5 nitrogen and oxygen atoms in total. The topological polar surface area (TPSA) is 61.0 Å². The first kappa shape index (κ1) is 7.72. The third-order valence-corrected chi connectivity index (χ3v) is 1.55. The number of pyridine rings is 1. The first-order valence-electron chi connectivity index (χ1n) is 3.67. The quantitative estimate of drug-likeness (QED) is 0.688. The van der Waals surface area contributed by atoms with Crippen molar-refractivity contribution in [2.45, 2.75) is 0 Å². The van der Waals surface area contributed by atoms with E-state index >= 15 is 0 Å². The minimum atomic E-state index is 0.454. The maximum atomic E-state index is 4.99. The number of hydrogen-bond donors (Lipinski definition) is 0. The largest absolute Gasteiger partial charge is 0.481 e. The average molecular weight is 177 g/mol. The smallest absolute Gasteiger partial charge is 0.248 e. The first-order valence-corrected chi connectivity index (χ1v) is 3.67. The van der Waals surface area contributed by atoms with E-state index in [1.54, 1.807) is 25.4 Å². The first-order chi connectivity index (χ1) is 6.40. The summed E-state index contributed by atoms with van der Waals surface area (Å²) in [4.78, 5) is 4.00. The molecule has 0 radical (unpaired) electrons. The Morgan fingerprint density at radius 3 is 2.85 bits per heavy atom. The zero-order valence-electron chi connectivity index (χ0n) is 6.97. The van der Waals surface area contributed by atoms with E-state index in [2.05, 4.69) is 15.2 Å². The molecule has 0 saturated heterocycles. The van der Waals surface area contributed by atoms with Gasteiger partial charge in [0.25, 0.3) is 0 Å². The van der Waals surface area contributed by atoms with Crippen molar-refractivity contribution in [1.29, 1.82) is 0 Å². The predicted octanol–water partition coefficient (Wildman–Crippen LogP) is 1.14. The Morgan fingerprint density at radius 2 is 2.31 bits per heavy atom. The van der Waals surface area contributed by atoms with E-state index in [-0.39, 0.29) is 0 Å². The molecule has 0 aliphatic heterocycles. The molecule has 0 saturated carbocycles. The van der Waals surface area contributed by atoms with Gasteiger partial charge >= 0.3 is 0 Å². The summed E-state index contributed by atoms with van der Waals surface area (Å²) >= 11 is 0. The third kappa shape index (κ3) is 1.48. The monoisotopic (exact) mass is 177 g/mol. The molecule has 0 spiro atoms. The van der Waals surface area contributed by atoms with Crippen LogP contribution < -0.4 is 4.74 Å². The van der Waals surface area contributed by atoms with Crippen molar-refractivity contribution < 1.29 is 9.15 Å². The van der Waals surface area contributed by atoms with Crippen LogP contribution in [0.5, 0.6) is 5.88 Å².